The Morgan fingerprint density at radius 1 is 1.17 bits per heavy atom. The van der Waals surface area contributed by atoms with Crippen LogP contribution in [0.2, 0.25) is 0 Å². The van der Waals surface area contributed by atoms with Crippen LogP contribution in [0.5, 0.6) is 5.75 Å². The summed E-state index contributed by atoms with van der Waals surface area (Å²) in [6.07, 6.45) is 0. The Bertz CT molecular complexity index is 830. The molecule has 0 radical (unpaired) electrons. The smallest absolute Gasteiger partial charge is 0.355 e. The molecule has 1 heterocycles. The first-order valence-electron chi connectivity index (χ1n) is 6.79. The van der Waals surface area contributed by atoms with Crippen molar-refractivity contribution in [3.63, 3.8) is 0 Å². The number of thiazole rings is 1. The van der Waals surface area contributed by atoms with E-state index >= 15 is 0 Å². The number of carbonyl (C=O) groups is 1. The number of aromatic nitrogens is 1. The number of ether oxygens (including phenoxy) is 1. The van der Waals surface area contributed by atoms with Gasteiger partial charge in [0.2, 0.25) is 0 Å². The van der Waals surface area contributed by atoms with Crippen molar-refractivity contribution < 1.29 is 19.0 Å². The summed E-state index contributed by atoms with van der Waals surface area (Å²) < 4.78 is 18.7. The molecule has 3 rings (SSSR count). The van der Waals surface area contributed by atoms with Crippen molar-refractivity contribution in [3.05, 3.63) is 71.0 Å². The molecule has 0 saturated carbocycles. The van der Waals surface area contributed by atoms with Crippen LogP contribution in [0.4, 0.5) is 4.39 Å². The average Bonchev–Trinajstić information content (AvgIpc) is 3.05. The van der Waals surface area contributed by atoms with E-state index in [-0.39, 0.29) is 18.1 Å². The van der Waals surface area contributed by atoms with E-state index in [4.69, 9.17) is 9.84 Å². The fraction of sp³-hybridized carbons (Fsp3) is 0.0588. The quantitative estimate of drug-likeness (QED) is 0.761. The van der Waals surface area contributed by atoms with Gasteiger partial charge in [-0.2, -0.15) is 0 Å². The van der Waals surface area contributed by atoms with E-state index in [1.54, 1.807) is 18.2 Å². The summed E-state index contributed by atoms with van der Waals surface area (Å²) in [5.41, 5.74) is 1.58. The van der Waals surface area contributed by atoms with Crippen molar-refractivity contribution in [2.45, 2.75) is 6.61 Å². The second-order valence-electron chi connectivity index (χ2n) is 4.75. The van der Waals surface area contributed by atoms with Gasteiger partial charge >= 0.3 is 5.97 Å². The minimum absolute atomic E-state index is 0.0123. The van der Waals surface area contributed by atoms with Crippen LogP contribution in [0.1, 0.15) is 16.1 Å². The molecule has 0 fully saturated rings. The van der Waals surface area contributed by atoms with E-state index in [2.05, 4.69) is 4.98 Å². The van der Waals surface area contributed by atoms with Crippen molar-refractivity contribution in [2.24, 2.45) is 0 Å². The van der Waals surface area contributed by atoms with Gasteiger partial charge in [0.25, 0.3) is 0 Å². The zero-order valence-electron chi connectivity index (χ0n) is 11.9. The third-order valence-electron chi connectivity index (χ3n) is 3.15. The highest BCUT2D eigenvalue weighted by atomic mass is 32.1. The molecule has 1 aromatic heterocycles. The number of halogens is 1. The molecule has 3 aromatic rings. The molecule has 2 aromatic carbocycles. The normalized spacial score (nSPS) is 10.5. The highest BCUT2D eigenvalue weighted by molar-refractivity contribution is 7.13. The van der Waals surface area contributed by atoms with Crippen molar-refractivity contribution in [3.8, 4) is 16.3 Å². The Hall–Kier alpha value is -2.73. The van der Waals surface area contributed by atoms with E-state index in [1.807, 2.05) is 18.2 Å². The molecule has 116 valence electrons. The van der Waals surface area contributed by atoms with E-state index < -0.39 is 5.97 Å². The lowest BCUT2D eigenvalue weighted by atomic mass is 10.2. The maximum absolute atomic E-state index is 12.9. The number of benzene rings is 2. The van der Waals surface area contributed by atoms with Crippen LogP contribution < -0.4 is 4.74 Å². The number of hydrogen-bond donors (Lipinski definition) is 1. The Morgan fingerprint density at radius 3 is 2.61 bits per heavy atom. The third-order valence-corrected chi connectivity index (χ3v) is 4.02. The van der Waals surface area contributed by atoms with Gasteiger partial charge in [0.15, 0.2) is 5.69 Å². The Balaban J connectivity index is 1.82. The van der Waals surface area contributed by atoms with Crippen molar-refractivity contribution in [1.29, 1.82) is 0 Å². The summed E-state index contributed by atoms with van der Waals surface area (Å²) in [6.45, 7) is 0.286. The molecule has 0 bridgehead atoms. The molecule has 0 aliphatic heterocycles. The van der Waals surface area contributed by atoms with E-state index in [9.17, 15) is 9.18 Å². The SMILES string of the molecule is O=C(O)c1csc(-c2ccccc2OCc2ccc(F)cc2)n1. The number of carboxylic acids is 1. The summed E-state index contributed by atoms with van der Waals surface area (Å²) in [5.74, 6) is -0.751. The van der Waals surface area contributed by atoms with Gasteiger partial charge in [0.1, 0.15) is 23.2 Å². The fourth-order valence-electron chi connectivity index (χ4n) is 2.01. The Labute approximate surface area is 135 Å². The van der Waals surface area contributed by atoms with Crippen LogP contribution in [-0.2, 0) is 6.61 Å². The number of carboxylic acid groups (broad SMARTS) is 1. The molecular weight excluding hydrogens is 317 g/mol. The third kappa shape index (κ3) is 3.54. The second-order valence-corrected chi connectivity index (χ2v) is 5.61. The van der Waals surface area contributed by atoms with E-state index in [0.717, 1.165) is 11.1 Å². The predicted molar refractivity (Wildman–Crippen MR) is 85.2 cm³/mol. The van der Waals surface area contributed by atoms with Gasteiger partial charge in [-0.1, -0.05) is 24.3 Å². The molecule has 6 heteroatoms. The molecule has 0 unspecified atom stereocenters. The molecule has 0 spiro atoms. The number of para-hydroxylation sites is 1. The van der Waals surface area contributed by atoms with Crippen LogP contribution in [-0.4, -0.2) is 16.1 Å². The molecule has 0 amide bonds. The summed E-state index contributed by atoms with van der Waals surface area (Å²) in [4.78, 5) is 15.0. The summed E-state index contributed by atoms with van der Waals surface area (Å²) >= 11 is 1.25. The zero-order chi connectivity index (χ0) is 16.2. The van der Waals surface area contributed by atoms with Gasteiger partial charge < -0.3 is 9.84 Å². The fourth-order valence-corrected chi connectivity index (χ4v) is 2.83. The van der Waals surface area contributed by atoms with E-state index in [0.29, 0.717) is 10.8 Å². The topological polar surface area (TPSA) is 59.4 Å². The largest absolute Gasteiger partial charge is 0.488 e. The van der Waals surface area contributed by atoms with Crippen molar-refractivity contribution in [2.75, 3.05) is 0 Å². The first-order chi connectivity index (χ1) is 11.1. The van der Waals surface area contributed by atoms with E-state index in [1.165, 1.54) is 28.8 Å². The van der Waals surface area contributed by atoms with Crippen molar-refractivity contribution >= 4 is 17.3 Å². The van der Waals surface area contributed by atoms with Gasteiger partial charge in [0.05, 0.1) is 5.56 Å². The van der Waals surface area contributed by atoms with Gasteiger partial charge in [-0.05, 0) is 29.8 Å². The lowest BCUT2D eigenvalue weighted by Gasteiger charge is -2.10. The first-order valence-corrected chi connectivity index (χ1v) is 7.67. The number of rotatable bonds is 5. The standard InChI is InChI=1S/C17H12FNO3S/c18-12-7-5-11(6-8-12)9-22-15-4-2-1-3-13(15)16-19-14(10-23-16)17(20)21/h1-8,10H,9H2,(H,20,21). The highest BCUT2D eigenvalue weighted by Gasteiger charge is 2.13. The molecular formula is C17H12FNO3S. The maximum Gasteiger partial charge on any atom is 0.355 e. The van der Waals surface area contributed by atoms with Gasteiger partial charge in [-0.3, -0.25) is 0 Å². The van der Waals surface area contributed by atoms with Crippen molar-refractivity contribution in [1.82, 2.24) is 4.98 Å². The van der Waals surface area contributed by atoms with Crippen LogP contribution in [0.3, 0.4) is 0 Å². The van der Waals surface area contributed by atoms with Crippen LogP contribution in [0, 0.1) is 5.82 Å². The number of aromatic carboxylic acids is 1. The Morgan fingerprint density at radius 2 is 1.91 bits per heavy atom. The lowest BCUT2D eigenvalue weighted by Crippen LogP contribution is -1.98. The molecule has 1 N–H and O–H groups in total. The molecule has 0 atom stereocenters. The Kier molecular flexibility index (Phi) is 4.34. The molecule has 0 aliphatic carbocycles. The predicted octanol–water partition coefficient (Wildman–Crippen LogP) is 4.23. The number of nitrogens with zero attached hydrogens (tertiary/aromatic N) is 1. The number of hydrogen-bond acceptors (Lipinski definition) is 4. The lowest BCUT2D eigenvalue weighted by molar-refractivity contribution is 0.0691. The first kappa shape index (κ1) is 15.2. The average molecular weight is 329 g/mol. The van der Waals surface area contributed by atoms with Gasteiger partial charge in [-0.15, -0.1) is 11.3 Å². The zero-order valence-corrected chi connectivity index (χ0v) is 12.7. The second kappa shape index (κ2) is 6.58. The minimum atomic E-state index is -1.06. The van der Waals surface area contributed by atoms with Gasteiger partial charge in [-0.25, -0.2) is 14.2 Å². The summed E-state index contributed by atoms with van der Waals surface area (Å²) in [7, 11) is 0. The summed E-state index contributed by atoms with van der Waals surface area (Å²) in [5, 5.41) is 11.0. The monoisotopic (exact) mass is 329 g/mol. The minimum Gasteiger partial charge on any atom is -0.488 e. The molecule has 0 aliphatic rings. The summed E-state index contributed by atoms with van der Waals surface area (Å²) in [6, 6.07) is 13.4. The van der Waals surface area contributed by atoms with Crippen LogP contribution >= 0.6 is 11.3 Å². The highest BCUT2D eigenvalue weighted by Crippen LogP contribution is 2.32. The van der Waals surface area contributed by atoms with Crippen LogP contribution in [0.25, 0.3) is 10.6 Å². The molecule has 23 heavy (non-hydrogen) atoms. The van der Waals surface area contributed by atoms with Gasteiger partial charge in [0, 0.05) is 5.38 Å². The molecule has 4 nitrogen and oxygen atoms in total. The maximum atomic E-state index is 12.9. The van der Waals surface area contributed by atoms with Crippen LogP contribution in [0.15, 0.2) is 53.9 Å². The molecule has 0 saturated heterocycles.